The molecule has 0 aliphatic carbocycles. The Hall–Kier alpha value is -5.93. The molecule has 0 N–H and O–H groups in total. The van der Waals surface area contributed by atoms with Crippen molar-refractivity contribution in [1.82, 2.24) is 9.55 Å². The van der Waals surface area contributed by atoms with Crippen molar-refractivity contribution in [3.05, 3.63) is 176 Å². The fourth-order valence-electron chi connectivity index (χ4n) is 6.47. The predicted octanol–water partition coefficient (Wildman–Crippen LogP) is 11.3. The van der Waals surface area contributed by atoms with Gasteiger partial charge < -0.3 is 9.47 Å². The molecule has 6 aromatic carbocycles. The molecule has 3 heteroatoms. The summed E-state index contributed by atoms with van der Waals surface area (Å²) in [6.45, 7) is 2.17. The van der Waals surface area contributed by atoms with Gasteiger partial charge in [-0.2, -0.15) is 0 Å². The highest BCUT2D eigenvalue weighted by molar-refractivity contribution is 6.16. The molecule has 8 rings (SSSR count). The monoisotopic (exact) mass is 577 g/mol. The Balaban J connectivity index is 1.31. The smallest absolute Gasteiger partial charge is 0.0701 e. The SMILES string of the molecule is Cc1ccccc1-c1ccc(N(c2ccccc2)c2cccc3c2c2ccccc2n3-c2ccc(-c3ccccn3)cc2)cc1. The van der Waals surface area contributed by atoms with Crippen LogP contribution in [-0.4, -0.2) is 9.55 Å². The third kappa shape index (κ3) is 4.75. The molecule has 3 nitrogen and oxygen atoms in total. The first-order valence-electron chi connectivity index (χ1n) is 15.3. The van der Waals surface area contributed by atoms with Crippen molar-refractivity contribution < 1.29 is 0 Å². The molecule has 2 heterocycles. The van der Waals surface area contributed by atoms with E-state index in [4.69, 9.17) is 0 Å². The van der Waals surface area contributed by atoms with Gasteiger partial charge in [0.25, 0.3) is 0 Å². The summed E-state index contributed by atoms with van der Waals surface area (Å²) in [4.78, 5) is 6.92. The first-order chi connectivity index (χ1) is 22.3. The Labute approximate surface area is 263 Å². The number of hydrogen-bond acceptors (Lipinski definition) is 2. The van der Waals surface area contributed by atoms with Crippen LogP contribution in [0.2, 0.25) is 0 Å². The van der Waals surface area contributed by atoms with Crippen molar-refractivity contribution in [1.29, 1.82) is 0 Å². The number of aryl methyl sites for hydroxylation is 1. The number of fused-ring (bicyclic) bond motifs is 3. The van der Waals surface area contributed by atoms with Crippen molar-refractivity contribution in [3.63, 3.8) is 0 Å². The topological polar surface area (TPSA) is 21.1 Å². The highest BCUT2D eigenvalue weighted by Crippen LogP contribution is 2.44. The van der Waals surface area contributed by atoms with Gasteiger partial charge in [0.2, 0.25) is 0 Å². The van der Waals surface area contributed by atoms with E-state index >= 15 is 0 Å². The van der Waals surface area contributed by atoms with Gasteiger partial charge in [0.1, 0.15) is 0 Å². The van der Waals surface area contributed by atoms with Crippen molar-refractivity contribution in [2.45, 2.75) is 6.92 Å². The molecule has 2 aromatic heterocycles. The first kappa shape index (κ1) is 26.7. The first-order valence-corrected chi connectivity index (χ1v) is 15.3. The van der Waals surface area contributed by atoms with Gasteiger partial charge in [-0.15, -0.1) is 0 Å². The highest BCUT2D eigenvalue weighted by atomic mass is 15.1. The Morgan fingerprint density at radius 2 is 1.18 bits per heavy atom. The predicted molar refractivity (Wildman–Crippen MR) is 189 cm³/mol. The highest BCUT2D eigenvalue weighted by Gasteiger charge is 2.21. The van der Waals surface area contributed by atoms with E-state index < -0.39 is 0 Å². The van der Waals surface area contributed by atoms with Gasteiger partial charge in [-0.05, 0) is 90.3 Å². The van der Waals surface area contributed by atoms with Gasteiger partial charge in [-0.3, -0.25) is 4.98 Å². The molecule has 0 saturated carbocycles. The van der Waals surface area contributed by atoms with Crippen LogP contribution in [0.25, 0.3) is 49.9 Å². The van der Waals surface area contributed by atoms with E-state index in [-0.39, 0.29) is 0 Å². The van der Waals surface area contributed by atoms with E-state index in [0.29, 0.717) is 0 Å². The molecule has 0 atom stereocenters. The lowest BCUT2D eigenvalue weighted by Gasteiger charge is -2.26. The quantitative estimate of drug-likeness (QED) is 0.196. The second kappa shape index (κ2) is 11.3. The van der Waals surface area contributed by atoms with Crippen LogP contribution < -0.4 is 4.90 Å². The van der Waals surface area contributed by atoms with Crippen LogP contribution in [0.5, 0.6) is 0 Å². The number of nitrogens with zero attached hydrogens (tertiary/aromatic N) is 3. The van der Waals surface area contributed by atoms with Crippen molar-refractivity contribution in [3.8, 4) is 28.1 Å². The summed E-state index contributed by atoms with van der Waals surface area (Å²) in [5, 5.41) is 2.43. The summed E-state index contributed by atoms with van der Waals surface area (Å²) in [6.07, 6.45) is 1.84. The summed E-state index contributed by atoms with van der Waals surface area (Å²) in [6, 6.07) is 58.3. The maximum absolute atomic E-state index is 4.54. The van der Waals surface area contributed by atoms with Crippen LogP contribution in [0.3, 0.4) is 0 Å². The molecule has 0 saturated heterocycles. The van der Waals surface area contributed by atoms with Gasteiger partial charge in [0.05, 0.1) is 22.4 Å². The molecule has 0 aliphatic heterocycles. The number of aromatic nitrogens is 2. The Morgan fingerprint density at radius 1 is 0.511 bits per heavy atom. The molecule has 0 spiro atoms. The van der Waals surface area contributed by atoms with Gasteiger partial charge in [-0.25, -0.2) is 0 Å². The second-order valence-corrected chi connectivity index (χ2v) is 11.3. The molecule has 8 aromatic rings. The summed E-state index contributed by atoms with van der Waals surface area (Å²) in [5.74, 6) is 0. The van der Waals surface area contributed by atoms with Crippen LogP contribution in [0.1, 0.15) is 5.56 Å². The zero-order chi connectivity index (χ0) is 30.2. The third-order valence-corrected chi connectivity index (χ3v) is 8.60. The minimum Gasteiger partial charge on any atom is -0.310 e. The number of hydrogen-bond donors (Lipinski definition) is 0. The third-order valence-electron chi connectivity index (χ3n) is 8.60. The van der Waals surface area contributed by atoms with Crippen LogP contribution >= 0.6 is 0 Å². The molecule has 0 radical (unpaired) electrons. The molecule has 214 valence electrons. The number of para-hydroxylation sites is 2. The maximum atomic E-state index is 4.54. The van der Waals surface area contributed by atoms with Crippen molar-refractivity contribution in [2.24, 2.45) is 0 Å². The van der Waals surface area contributed by atoms with E-state index in [2.05, 4.69) is 167 Å². The van der Waals surface area contributed by atoms with Crippen LogP contribution in [0.15, 0.2) is 170 Å². The Morgan fingerprint density at radius 3 is 1.96 bits per heavy atom. The van der Waals surface area contributed by atoms with Gasteiger partial charge >= 0.3 is 0 Å². The standard InChI is InChI=1S/C42H31N3/c1-30-12-5-6-15-36(30)31-21-25-34(26-22-31)44(33-13-3-2-4-14-33)40-19-11-20-41-42(40)37-16-7-8-18-39(37)45(41)35-27-23-32(24-28-35)38-17-9-10-29-43-38/h2-29H,1H3. The average Bonchev–Trinajstić information content (AvgIpc) is 3.45. The summed E-state index contributed by atoms with van der Waals surface area (Å²) < 4.78 is 2.38. The Bertz CT molecular complexity index is 2250. The summed E-state index contributed by atoms with van der Waals surface area (Å²) in [7, 11) is 0. The van der Waals surface area contributed by atoms with E-state index in [9.17, 15) is 0 Å². The fourth-order valence-corrected chi connectivity index (χ4v) is 6.47. The van der Waals surface area contributed by atoms with E-state index in [1.165, 1.54) is 33.0 Å². The van der Waals surface area contributed by atoms with Gasteiger partial charge in [0, 0.05) is 39.6 Å². The molecule has 45 heavy (non-hydrogen) atoms. The zero-order valence-electron chi connectivity index (χ0n) is 25.0. The second-order valence-electron chi connectivity index (χ2n) is 11.3. The number of anilines is 3. The average molecular weight is 578 g/mol. The molecule has 0 fully saturated rings. The number of pyridine rings is 1. The van der Waals surface area contributed by atoms with Crippen LogP contribution in [-0.2, 0) is 0 Å². The maximum Gasteiger partial charge on any atom is 0.0701 e. The molecular formula is C42H31N3. The summed E-state index contributed by atoms with van der Waals surface area (Å²) in [5.41, 5.74) is 12.7. The molecule has 0 unspecified atom stereocenters. The van der Waals surface area contributed by atoms with E-state index in [1.54, 1.807) is 0 Å². The molecule has 0 bridgehead atoms. The Kier molecular flexibility index (Phi) is 6.69. The van der Waals surface area contributed by atoms with E-state index in [0.717, 1.165) is 39.5 Å². The molecule has 0 amide bonds. The number of benzene rings is 6. The zero-order valence-corrected chi connectivity index (χ0v) is 25.0. The molecule has 0 aliphatic rings. The van der Waals surface area contributed by atoms with Crippen LogP contribution in [0.4, 0.5) is 17.1 Å². The van der Waals surface area contributed by atoms with Gasteiger partial charge in [0.15, 0.2) is 0 Å². The largest absolute Gasteiger partial charge is 0.310 e. The fraction of sp³-hybridized carbons (Fsp3) is 0.0238. The van der Waals surface area contributed by atoms with E-state index in [1.807, 2.05) is 24.4 Å². The summed E-state index contributed by atoms with van der Waals surface area (Å²) >= 11 is 0. The van der Waals surface area contributed by atoms with Crippen LogP contribution in [0, 0.1) is 6.92 Å². The normalized spacial score (nSPS) is 11.2. The minimum atomic E-state index is 0.973. The lowest BCUT2D eigenvalue weighted by atomic mass is 10.00. The minimum absolute atomic E-state index is 0.973. The molecular weight excluding hydrogens is 546 g/mol. The number of rotatable bonds is 6. The van der Waals surface area contributed by atoms with Crippen molar-refractivity contribution in [2.75, 3.05) is 4.90 Å². The van der Waals surface area contributed by atoms with Gasteiger partial charge in [-0.1, -0.05) is 97.1 Å². The van der Waals surface area contributed by atoms with Crippen molar-refractivity contribution >= 4 is 38.9 Å². The lowest BCUT2D eigenvalue weighted by Crippen LogP contribution is -2.10. The lowest BCUT2D eigenvalue weighted by molar-refractivity contribution is 1.18.